The predicted octanol–water partition coefficient (Wildman–Crippen LogP) is 28.3. The molecule has 0 radical (unpaired) electrons. The Balaban J connectivity index is 5.20. The van der Waals surface area contributed by atoms with E-state index in [0.717, 1.165) is 120 Å². The van der Waals surface area contributed by atoms with Crippen LogP contribution < -0.4 is 0 Å². The molecule has 0 saturated carbocycles. The van der Waals surface area contributed by atoms with Gasteiger partial charge in [0, 0.05) is 25.7 Å². The fraction of sp³-hybridized carbons (Fsp3) is 0.957. The molecule has 0 saturated heterocycles. The van der Waals surface area contributed by atoms with Crippen LogP contribution in [0.25, 0.3) is 0 Å². The van der Waals surface area contributed by atoms with Gasteiger partial charge in [0.1, 0.15) is 19.3 Å². The number of phosphoric ester groups is 2. The number of carbonyl (C=O) groups excluding carboxylic acids is 4. The number of unbranched alkanes of at least 4 members (excludes halogenated alkanes) is 53. The fourth-order valence-electron chi connectivity index (χ4n) is 14.3. The van der Waals surface area contributed by atoms with Gasteiger partial charge >= 0.3 is 39.5 Å². The third kappa shape index (κ3) is 82.9. The van der Waals surface area contributed by atoms with Gasteiger partial charge in [-0.05, 0) is 49.4 Å². The molecule has 3 N–H and O–H groups in total. The number of hydrogen-bond donors (Lipinski definition) is 3. The van der Waals surface area contributed by atoms with Gasteiger partial charge in [0.25, 0.3) is 0 Å². The fourth-order valence-corrected chi connectivity index (χ4v) is 15.9. The van der Waals surface area contributed by atoms with Crippen molar-refractivity contribution in [1.29, 1.82) is 0 Å². The van der Waals surface area contributed by atoms with Gasteiger partial charge in [-0.1, -0.05) is 434 Å². The zero-order chi connectivity index (χ0) is 81.6. The van der Waals surface area contributed by atoms with Crippen molar-refractivity contribution in [2.24, 2.45) is 23.7 Å². The quantitative estimate of drug-likeness (QED) is 0.0222. The third-order valence-electron chi connectivity index (χ3n) is 22.3. The summed E-state index contributed by atoms with van der Waals surface area (Å²) in [5, 5.41) is 10.7. The average molecular weight is 1620 g/mol. The van der Waals surface area contributed by atoms with Gasteiger partial charge in [-0.2, -0.15) is 0 Å². The molecule has 0 amide bonds. The van der Waals surface area contributed by atoms with E-state index in [1.807, 2.05) is 0 Å². The topological polar surface area (TPSA) is 237 Å². The van der Waals surface area contributed by atoms with E-state index in [4.69, 9.17) is 37.0 Å². The molecule has 0 aromatic rings. The first-order chi connectivity index (χ1) is 53.7. The molecule has 0 spiro atoms. The summed E-state index contributed by atoms with van der Waals surface area (Å²) < 4.78 is 69.1. The molecule has 19 heteroatoms. The molecule has 4 unspecified atom stereocenters. The van der Waals surface area contributed by atoms with Crippen molar-refractivity contribution in [2.45, 2.75) is 504 Å². The van der Waals surface area contributed by atoms with Crippen molar-refractivity contribution in [3.8, 4) is 0 Å². The highest BCUT2D eigenvalue weighted by Crippen LogP contribution is 2.45. The molecule has 7 atom stereocenters. The van der Waals surface area contributed by atoms with Crippen LogP contribution >= 0.6 is 15.6 Å². The monoisotopic (exact) mass is 1620 g/mol. The van der Waals surface area contributed by atoms with Crippen molar-refractivity contribution in [3.05, 3.63) is 0 Å². The molecule has 660 valence electrons. The third-order valence-corrected chi connectivity index (χ3v) is 24.2. The van der Waals surface area contributed by atoms with Crippen molar-refractivity contribution >= 4 is 39.5 Å². The highest BCUT2D eigenvalue weighted by Gasteiger charge is 2.31. The smallest absolute Gasteiger partial charge is 0.462 e. The standard InChI is InChI=1S/C92H180O17P2/c1-9-84(7)70-62-54-46-40-34-28-22-16-12-14-17-23-29-35-41-47-56-64-72-89(94)102-78-87(108-91(96)74-67-59-49-43-37-31-25-19-21-27-33-39-45-53-61-69-83(5)6)80-106-110(98,99)104-76-86(93)77-105-111(100,101)107-81-88(79-103-90(95)73-65-57-51-50-55-63-71-85(8)10-2)109-92(97)75-66-58-48-42-36-30-24-18-13-11-15-20-26-32-38-44-52-60-68-82(3)4/h82-88,93H,9-81H2,1-8H3,(H,98,99)(H,100,101)/t84?,85?,86-,87-,88-/m1/s1. The Morgan fingerprint density at radius 3 is 0.640 bits per heavy atom. The second kappa shape index (κ2) is 80.5. The summed E-state index contributed by atoms with van der Waals surface area (Å²) >= 11 is 0. The van der Waals surface area contributed by atoms with Gasteiger partial charge < -0.3 is 33.8 Å². The van der Waals surface area contributed by atoms with Crippen LogP contribution in [-0.4, -0.2) is 96.7 Å². The van der Waals surface area contributed by atoms with E-state index in [1.165, 1.54) is 283 Å². The number of phosphoric acid groups is 2. The lowest BCUT2D eigenvalue weighted by Crippen LogP contribution is -2.30. The Labute approximate surface area is 683 Å². The summed E-state index contributed by atoms with van der Waals surface area (Å²) in [5.41, 5.74) is 0. The zero-order valence-electron chi connectivity index (χ0n) is 73.6. The number of esters is 4. The summed E-state index contributed by atoms with van der Waals surface area (Å²) in [6.07, 6.45) is 72.3. The van der Waals surface area contributed by atoms with Crippen LogP contribution in [0, 0.1) is 23.7 Å². The minimum Gasteiger partial charge on any atom is -0.462 e. The van der Waals surface area contributed by atoms with E-state index < -0.39 is 97.5 Å². The normalized spacial score (nSPS) is 14.3. The molecule has 0 aliphatic carbocycles. The Hall–Kier alpha value is -1.94. The van der Waals surface area contributed by atoms with Crippen LogP contribution in [-0.2, 0) is 65.4 Å². The molecule has 0 aromatic heterocycles. The van der Waals surface area contributed by atoms with Gasteiger partial charge in [-0.15, -0.1) is 0 Å². The van der Waals surface area contributed by atoms with E-state index in [2.05, 4.69) is 55.4 Å². The SMILES string of the molecule is CCC(C)CCCCCCCCCCCCCCCCCCCCC(=O)OC[C@H](COP(=O)(O)OC[C@@H](O)COP(=O)(O)OC[C@@H](COC(=O)CCCCCCCCC(C)CC)OC(=O)CCCCCCCCCCCCCCCCCCCCC(C)C)OC(=O)CCCCCCCCCCCCCCCCCC(C)C. The molecule has 0 heterocycles. The molecule has 0 aliphatic heterocycles. The summed E-state index contributed by atoms with van der Waals surface area (Å²) in [5.74, 6) is 1.13. The highest BCUT2D eigenvalue weighted by atomic mass is 31.2. The van der Waals surface area contributed by atoms with Crippen LogP contribution in [0.4, 0.5) is 0 Å². The number of hydrogen-bond acceptors (Lipinski definition) is 15. The average Bonchev–Trinajstić information content (AvgIpc) is 0.899. The maximum atomic E-state index is 13.2. The molecule has 111 heavy (non-hydrogen) atoms. The number of aliphatic hydroxyl groups is 1. The van der Waals surface area contributed by atoms with Crippen LogP contribution in [0.3, 0.4) is 0 Å². The first-order valence-electron chi connectivity index (χ1n) is 47.3. The van der Waals surface area contributed by atoms with Crippen molar-refractivity contribution in [1.82, 2.24) is 0 Å². The first kappa shape index (κ1) is 109. The molecule has 0 fully saturated rings. The minimum atomic E-state index is -4.97. The molecular formula is C92H180O17P2. The van der Waals surface area contributed by atoms with Crippen LogP contribution in [0.1, 0.15) is 486 Å². The second-order valence-corrected chi connectivity index (χ2v) is 37.4. The van der Waals surface area contributed by atoms with E-state index in [9.17, 15) is 43.2 Å². The largest absolute Gasteiger partial charge is 0.472 e. The van der Waals surface area contributed by atoms with Gasteiger partial charge in [-0.25, -0.2) is 9.13 Å². The molecule has 0 bridgehead atoms. The summed E-state index contributed by atoms with van der Waals surface area (Å²) in [7, 11) is -9.94. The second-order valence-electron chi connectivity index (χ2n) is 34.5. The maximum absolute atomic E-state index is 13.2. The molecule has 0 aliphatic rings. The summed E-state index contributed by atoms with van der Waals surface area (Å²) in [4.78, 5) is 73.4. The number of rotatable bonds is 89. The zero-order valence-corrected chi connectivity index (χ0v) is 75.4. The summed E-state index contributed by atoms with van der Waals surface area (Å²) in [6.45, 7) is 14.4. The highest BCUT2D eigenvalue weighted by molar-refractivity contribution is 7.47. The van der Waals surface area contributed by atoms with Gasteiger partial charge in [0.05, 0.1) is 26.4 Å². The van der Waals surface area contributed by atoms with Gasteiger partial charge in [-0.3, -0.25) is 37.3 Å². The maximum Gasteiger partial charge on any atom is 0.472 e. The lowest BCUT2D eigenvalue weighted by molar-refractivity contribution is -0.161. The lowest BCUT2D eigenvalue weighted by atomic mass is 9.99. The van der Waals surface area contributed by atoms with E-state index >= 15 is 0 Å². The Morgan fingerprint density at radius 2 is 0.432 bits per heavy atom. The Bertz CT molecular complexity index is 2150. The van der Waals surface area contributed by atoms with E-state index in [-0.39, 0.29) is 25.7 Å². The van der Waals surface area contributed by atoms with Crippen LogP contribution in [0.15, 0.2) is 0 Å². The van der Waals surface area contributed by atoms with Crippen molar-refractivity contribution in [3.63, 3.8) is 0 Å². The van der Waals surface area contributed by atoms with Crippen LogP contribution in [0.2, 0.25) is 0 Å². The molecular weight excluding hydrogens is 1440 g/mol. The van der Waals surface area contributed by atoms with Crippen molar-refractivity contribution < 1.29 is 80.2 Å². The molecule has 17 nitrogen and oxygen atoms in total. The van der Waals surface area contributed by atoms with E-state index in [1.54, 1.807) is 0 Å². The minimum absolute atomic E-state index is 0.107. The number of carbonyl (C=O) groups is 4. The van der Waals surface area contributed by atoms with Gasteiger partial charge in [0.2, 0.25) is 0 Å². The summed E-state index contributed by atoms with van der Waals surface area (Å²) in [6, 6.07) is 0. The van der Waals surface area contributed by atoms with E-state index in [0.29, 0.717) is 25.7 Å². The number of aliphatic hydroxyl groups excluding tert-OH is 1. The lowest BCUT2D eigenvalue weighted by Gasteiger charge is -2.21. The predicted molar refractivity (Wildman–Crippen MR) is 460 cm³/mol. The first-order valence-corrected chi connectivity index (χ1v) is 50.3. The van der Waals surface area contributed by atoms with Gasteiger partial charge in [0.15, 0.2) is 12.2 Å². The van der Waals surface area contributed by atoms with Crippen molar-refractivity contribution in [2.75, 3.05) is 39.6 Å². The number of ether oxygens (including phenoxy) is 4. The van der Waals surface area contributed by atoms with Crippen LogP contribution in [0.5, 0.6) is 0 Å². The Kier molecular flexibility index (Phi) is 79.1. The molecule has 0 rings (SSSR count). The molecule has 0 aromatic carbocycles. The Morgan fingerprint density at radius 1 is 0.252 bits per heavy atom.